The van der Waals surface area contributed by atoms with Crippen LogP contribution in [0, 0.1) is 35.0 Å². The van der Waals surface area contributed by atoms with Crippen LogP contribution in [0.2, 0.25) is 0 Å². The van der Waals surface area contributed by atoms with Crippen LogP contribution in [-0.2, 0) is 19.1 Å². The lowest BCUT2D eigenvalue weighted by Gasteiger charge is -2.56. The van der Waals surface area contributed by atoms with E-state index in [4.69, 9.17) is 4.74 Å². The van der Waals surface area contributed by atoms with Gasteiger partial charge >= 0.3 is 5.97 Å². The lowest BCUT2D eigenvalue weighted by molar-refractivity contribution is -0.153. The normalized spacial score (nSPS) is 38.0. The van der Waals surface area contributed by atoms with E-state index in [2.05, 4.69) is 19.2 Å². The van der Waals surface area contributed by atoms with Crippen LogP contribution in [0.1, 0.15) is 65.2 Å². The zero-order valence-corrected chi connectivity index (χ0v) is 18.0. The molecule has 2 amide bonds. The fraction of sp³-hybridized carbons (Fsp3) is 0.870. The standard InChI is InChI=1S/C23H36N2O4/c1-15-3-16(2)13-25(12-15)21(27)14-29-22(28)11-24-20(26)10-23-7-17-4-18(8-23)6-19(5-17)9-23/h15-19H,3-14H2,1-2H3,(H,24,26)/t15-,16-,17?,18?,19?,23?/m1/s1. The van der Waals surface area contributed by atoms with Crippen molar-refractivity contribution in [2.45, 2.75) is 65.2 Å². The first-order chi connectivity index (χ1) is 13.8. The maximum Gasteiger partial charge on any atom is 0.325 e. The molecular weight excluding hydrogens is 368 g/mol. The van der Waals surface area contributed by atoms with Gasteiger partial charge in [-0.1, -0.05) is 13.8 Å². The van der Waals surface area contributed by atoms with Crippen LogP contribution in [0.4, 0.5) is 0 Å². The van der Waals surface area contributed by atoms with Gasteiger partial charge in [-0.25, -0.2) is 0 Å². The minimum Gasteiger partial charge on any atom is -0.454 e. The summed E-state index contributed by atoms with van der Waals surface area (Å²) in [6, 6.07) is 0. The van der Waals surface area contributed by atoms with Crippen molar-refractivity contribution >= 4 is 17.8 Å². The topological polar surface area (TPSA) is 75.7 Å². The van der Waals surface area contributed by atoms with E-state index in [1.165, 1.54) is 38.5 Å². The highest BCUT2D eigenvalue weighted by Gasteiger charge is 2.51. The number of piperidine rings is 1. The number of nitrogens with zero attached hydrogens (tertiary/aromatic N) is 1. The van der Waals surface area contributed by atoms with Crippen molar-refractivity contribution in [3.05, 3.63) is 0 Å². The van der Waals surface area contributed by atoms with Crippen LogP contribution in [-0.4, -0.2) is 48.9 Å². The van der Waals surface area contributed by atoms with Gasteiger partial charge in [0.25, 0.3) is 5.91 Å². The number of esters is 1. The second-order valence-electron chi connectivity index (χ2n) is 10.8. The Labute approximate surface area is 174 Å². The van der Waals surface area contributed by atoms with E-state index >= 15 is 0 Å². The molecule has 0 aromatic heterocycles. The van der Waals surface area contributed by atoms with Crippen molar-refractivity contribution < 1.29 is 19.1 Å². The Morgan fingerprint density at radius 2 is 1.48 bits per heavy atom. The van der Waals surface area contributed by atoms with Gasteiger partial charge in [-0.3, -0.25) is 14.4 Å². The molecule has 0 aromatic carbocycles. The Bertz CT molecular complexity index is 616. The molecule has 1 heterocycles. The molecule has 4 bridgehead atoms. The average molecular weight is 405 g/mol. The molecule has 0 radical (unpaired) electrons. The summed E-state index contributed by atoms with van der Waals surface area (Å²) in [5, 5.41) is 2.74. The fourth-order valence-electron chi connectivity index (χ4n) is 7.23. The fourth-order valence-corrected chi connectivity index (χ4v) is 7.23. The summed E-state index contributed by atoms with van der Waals surface area (Å²) >= 11 is 0. The quantitative estimate of drug-likeness (QED) is 0.691. The number of likely N-dealkylation sites (tertiary alicyclic amines) is 1. The van der Waals surface area contributed by atoms with Crippen molar-refractivity contribution in [1.29, 1.82) is 0 Å². The molecular formula is C23H36N2O4. The molecule has 6 heteroatoms. The summed E-state index contributed by atoms with van der Waals surface area (Å²) in [5.41, 5.74) is 0.167. The highest BCUT2D eigenvalue weighted by molar-refractivity contribution is 5.84. The Morgan fingerprint density at radius 1 is 0.931 bits per heavy atom. The van der Waals surface area contributed by atoms with E-state index in [0.29, 0.717) is 18.3 Å². The van der Waals surface area contributed by atoms with Crippen LogP contribution < -0.4 is 5.32 Å². The molecule has 0 unspecified atom stereocenters. The first kappa shape index (κ1) is 20.7. The van der Waals surface area contributed by atoms with Gasteiger partial charge in [0.15, 0.2) is 6.61 Å². The van der Waals surface area contributed by atoms with E-state index < -0.39 is 5.97 Å². The monoisotopic (exact) mass is 404 g/mol. The summed E-state index contributed by atoms with van der Waals surface area (Å²) in [4.78, 5) is 38.6. The van der Waals surface area contributed by atoms with Gasteiger partial charge in [-0.05, 0) is 80.0 Å². The van der Waals surface area contributed by atoms with Crippen molar-refractivity contribution in [1.82, 2.24) is 10.2 Å². The van der Waals surface area contributed by atoms with Gasteiger partial charge in [0.1, 0.15) is 6.54 Å². The Kier molecular flexibility index (Phi) is 5.90. The summed E-state index contributed by atoms with van der Waals surface area (Å²) < 4.78 is 5.13. The Balaban J connectivity index is 1.17. The Morgan fingerprint density at radius 3 is 2.03 bits per heavy atom. The number of ether oxygens (including phenoxy) is 1. The molecule has 5 aliphatic rings. The molecule has 1 N–H and O–H groups in total. The minimum atomic E-state index is -0.532. The lowest BCUT2D eigenvalue weighted by Crippen LogP contribution is -2.48. The predicted molar refractivity (Wildman–Crippen MR) is 109 cm³/mol. The van der Waals surface area contributed by atoms with Gasteiger partial charge < -0.3 is 15.0 Å². The molecule has 5 rings (SSSR count). The van der Waals surface area contributed by atoms with Crippen molar-refractivity contribution in [3.63, 3.8) is 0 Å². The number of hydrogen-bond donors (Lipinski definition) is 1. The average Bonchev–Trinajstić information content (AvgIpc) is 2.62. The van der Waals surface area contributed by atoms with E-state index in [1.807, 2.05) is 0 Å². The van der Waals surface area contributed by atoms with E-state index in [-0.39, 0.29) is 30.4 Å². The van der Waals surface area contributed by atoms with Gasteiger partial charge in [0.2, 0.25) is 5.91 Å². The summed E-state index contributed by atoms with van der Waals surface area (Å²) in [5.74, 6) is 2.66. The van der Waals surface area contributed by atoms with Crippen LogP contribution in [0.15, 0.2) is 0 Å². The third-order valence-corrected chi connectivity index (χ3v) is 7.71. The number of hydrogen-bond acceptors (Lipinski definition) is 4. The molecule has 0 aromatic rings. The molecule has 1 saturated heterocycles. The van der Waals surface area contributed by atoms with Gasteiger partial charge in [-0.15, -0.1) is 0 Å². The van der Waals surface area contributed by atoms with Gasteiger partial charge in [0, 0.05) is 19.5 Å². The first-order valence-electron chi connectivity index (χ1n) is 11.5. The zero-order valence-electron chi connectivity index (χ0n) is 18.0. The number of amides is 2. The number of carbonyl (C=O) groups is 3. The molecule has 5 fully saturated rings. The minimum absolute atomic E-state index is 0.0473. The second kappa shape index (κ2) is 8.27. The third kappa shape index (κ3) is 4.95. The molecule has 1 aliphatic heterocycles. The molecule has 4 saturated carbocycles. The molecule has 4 aliphatic carbocycles. The smallest absolute Gasteiger partial charge is 0.325 e. The van der Waals surface area contributed by atoms with Crippen LogP contribution in [0.25, 0.3) is 0 Å². The SMILES string of the molecule is C[C@@H]1C[C@@H](C)CN(C(=O)COC(=O)CNC(=O)CC23CC4CC(CC(C4)C2)C3)C1. The summed E-state index contributed by atoms with van der Waals surface area (Å²) in [6.07, 6.45) is 9.27. The summed E-state index contributed by atoms with van der Waals surface area (Å²) in [7, 11) is 0. The van der Waals surface area contributed by atoms with Gasteiger partial charge in [-0.2, -0.15) is 0 Å². The lowest BCUT2D eigenvalue weighted by atomic mass is 9.49. The molecule has 29 heavy (non-hydrogen) atoms. The number of rotatable bonds is 6. The predicted octanol–water partition coefficient (Wildman–Crippen LogP) is 2.76. The molecule has 2 atom stereocenters. The highest BCUT2D eigenvalue weighted by atomic mass is 16.5. The third-order valence-electron chi connectivity index (χ3n) is 7.71. The molecule has 6 nitrogen and oxygen atoms in total. The largest absolute Gasteiger partial charge is 0.454 e. The highest BCUT2D eigenvalue weighted by Crippen LogP contribution is 2.61. The molecule has 0 spiro atoms. The first-order valence-corrected chi connectivity index (χ1v) is 11.5. The Hall–Kier alpha value is -1.59. The van der Waals surface area contributed by atoms with E-state index in [1.54, 1.807) is 4.90 Å². The van der Waals surface area contributed by atoms with Gasteiger partial charge in [0.05, 0.1) is 0 Å². The van der Waals surface area contributed by atoms with E-state index in [0.717, 1.165) is 37.3 Å². The van der Waals surface area contributed by atoms with Crippen LogP contribution in [0.3, 0.4) is 0 Å². The number of carbonyl (C=O) groups excluding carboxylic acids is 3. The summed E-state index contributed by atoms with van der Waals surface area (Å²) in [6.45, 7) is 5.35. The van der Waals surface area contributed by atoms with E-state index in [9.17, 15) is 14.4 Å². The second-order valence-corrected chi connectivity index (χ2v) is 10.8. The molecule has 162 valence electrons. The van der Waals surface area contributed by atoms with Crippen LogP contribution in [0.5, 0.6) is 0 Å². The zero-order chi connectivity index (χ0) is 20.6. The van der Waals surface area contributed by atoms with Crippen LogP contribution >= 0.6 is 0 Å². The maximum atomic E-state index is 12.5. The maximum absolute atomic E-state index is 12.5. The van der Waals surface area contributed by atoms with Crippen molar-refractivity contribution in [3.8, 4) is 0 Å². The van der Waals surface area contributed by atoms with Crippen molar-refractivity contribution in [2.24, 2.45) is 35.0 Å². The van der Waals surface area contributed by atoms with Crippen molar-refractivity contribution in [2.75, 3.05) is 26.2 Å². The number of nitrogens with one attached hydrogen (secondary N) is 1.